The van der Waals surface area contributed by atoms with Gasteiger partial charge in [0.1, 0.15) is 29.1 Å². The minimum Gasteiger partial charge on any atom is -0.497 e. The number of aryl methyl sites for hydroxylation is 1. The van der Waals surface area contributed by atoms with Gasteiger partial charge in [-0.15, -0.1) is 0 Å². The van der Waals surface area contributed by atoms with Crippen molar-refractivity contribution in [2.45, 2.75) is 37.8 Å². The van der Waals surface area contributed by atoms with Crippen LogP contribution in [0.1, 0.15) is 25.2 Å². The SMILES string of the molecule is COc1ccc(OC#CC(C)(C)N(Cc2ccc(-c3ccccc3[N+](=O)[O-])o2)S(=O)(=O)c2ccc(C)cc2)cc1. The lowest BCUT2D eigenvalue weighted by atomic mass is 10.1. The van der Waals surface area contributed by atoms with Crippen molar-refractivity contribution in [3.63, 3.8) is 0 Å². The standard InChI is InChI=1S/C30H28N2O7S/c1-22-9-16-26(17-10-22)40(35,36)31(30(2,3)19-20-38-24-13-11-23(37-4)12-14-24)21-25-15-18-29(39-25)27-7-5-6-8-28(27)32(33)34/h5-18H,21H2,1-4H3. The van der Waals surface area contributed by atoms with Gasteiger partial charge in [0, 0.05) is 6.07 Å². The number of sulfonamides is 1. The highest BCUT2D eigenvalue weighted by atomic mass is 32.2. The second kappa shape index (κ2) is 11.7. The van der Waals surface area contributed by atoms with E-state index in [-0.39, 0.29) is 28.6 Å². The monoisotopic (exact) mass is 560 g/mol. The van der Waals surface area contributed by atoms with Crippen molar-refractivity contribution in [1.29, 1.82) is 0 Å². The van der Waals surface area contributed by atoms with Gasteiger partial charge in [0.15, 0.2) is 0 Å². The van der Waals surface area contributed by atoms with E-state index in [1.165, 1.54) is 22.5 Å². The topological polar surface area (TPSA) is 112 Å². The molecule has 0 aliphatic carbocycles. The third-order valence-corrected chi connectivity index (χ3v) is 8.18. The first-order chi connectivity index (χ1) is 19.0. The van der Waals surface area contributed by atoms with Crippen LogP contribution in [0.3, 0.4) is 0 Å². The van der Waals surface area contributed by atoms with Gasteiger partial charge in [-0.05, 0) is 81.3 Å². The lowest BCUT2D eigenvalue weighted by molar-refractivity contribution is -0.384. The molecule has 206 valence electrons. The Morgan fingerprint density at radius 1 is 0.950 bits per heavy atom. The van der Waals surface area contributed by atoms with Crippen LogP contribution < -0.4 is 9.47 Å². The molecular weight excluding hydrogens is 532 g/mol. The normalized spacial score (nSPS) is 11.5. The summed E-state index contributed by atoms with van der Waals surface area (Å²) in [5, 5.41) is 11.5. The Labute approximate surface area is 233 Å². The van der Waals surface area contributed by atoms with E-state index in [1.807, 2.05) is 6.92 Å². The van der Waals surface area contributed by atoms with Gasteiger partial charge in [0.05, 0.1) is 34.6 Å². The molecule has 0 bridgehead atoms. The number of nitrogens with zero attached hydrogens (tertiary/aromatic N) is 2. The molecule has 0 aliphatic rings. The lowest BCUT2D eigenvalue weighted by Gasteiger charge is -2.32. The molecule has 3 aromatic carbocycles. The first-order valence-corrected chi connectivity index (χ1v) is 13.7. The highest BCUT2D eigenvalue weighted by molar-refractivity contribution is 7.89. The quantitative estimate of drug-likeness (QED) is 0.136. The molecule has 0 fully saturated rings. The number of rotatable bonds is 9. The van der Waals surface area contributed by atoms with Crippen molar-refractivity contribution < 1.29 is 27.2 Å². The van der Waals surface area contributed by atoms with Crippen LogP contribution in [-0.2, 0) is 16.6 Å². The molecule has 0 amide bonds. The van der Waals surface area contributed by atoms with Gasteiger partial charge in [-0.1, -0.05) is 29.8 Å². The smallest absolute Gasteiger partial charge is 0.280 e. The third kappa shape index (κ3) is 6.34. The molecule has 9 nitrogen and oxygen atoms in total. The van der Waals surface area contributed by atoms with Gasteiger partial charge in [-0.3, -0.25) is 10.1 Å². The second-order valence-electron chi connectivity index (χ2n) is 9.43. The molecule has 1 heterocycles. The summed E-state index contributed by atoms with van der Waals surface area (Å²) in [5.41, 5.74) is -0.160. The summed E-state index contributed by atoms with van der Waals surface area (Å²) in [6, 6.07) is 22.7. The molecule has 0 saturated carbocycles. The minimum atomic E-state index is -4.06. The minimum absolute atomic E-state index is 0.0922. The number of nitro benzene ring substituents is 1. The maximum atomic E-state index is 13.9. The zero-order valence-electron chi connectivity index (χ0n) is 22.5. The Balaban J connectivity index is 1.69. The average Bonchev–Trinajstić information content (AvgIpc) is 3.41. The van der Waals surface area contributed by atoms with E-state index >= 15 is 0 Å². The maximum absolute atomic E-state index is 13.9. The fourth-order valence-corrected chi connectivity index (χ4v) is 5.60. The molecule has 10 heteroatoms. The van der Waals surface area contributed by atoms with Crippen molar-refractivity contribution in [2.75, 3.05) is 7.11 Å². The number of benzene rings is 3. The molecule has 1 aromatic heterocycles. The van der Waals surface area contributed by atoms with E-state index in [1.54, 1.807) is 87.7 Å². The number of furan rings is 1. The van der Waals surface area contributed by atoms with Crippen LogP contribution in [0.5, 0.6) is 11.5 Å². The number of ether oxygens (including phenoxy) is 2. The van der Waals surface area contributed by atoms with Gasteiger partial charge in [0.25, 0.3) is 5.69 Å². The maximum Gasteiger partial charge on any atom is 0.280 e. The van der Waals surface area contributed by atoms with Gasteiger partial charge in [-0.2, -0.15) is 4.31 Å². The Kier molecular flexibility index (Phi) is 8.28. The number of hydrogen-bond donors (Lipinski definition) is 0. The largest absolute Gasteiger partial charge is 0.497 e. The van der Waals surface area contributed by atoms with E-state index in [9.17, 15) is 18.5 Å². The van der Waals surface area contributed by atoms with Crippen molar-refractivity contribution in [1.82, 2.24) is 4.31 Å². The molecule has 40 heavy (non-hydrogen) atoms. The fraction of sp³-hybridized carbons (Fsp3) is 0.200. The molecular formula is C30H28N2O7S. The number of hydrogen-bond acceptors (Lipinski definition) is 7. The van der Waals surface area contributed by atoms with Crippen molar-refractivity contribution in [3.05, 3.63) is 106 Å². The third-order valence-electron chi connectivity index (χ3n) is 6.15. The summed E-state index contributed by atoms with van der Waals surface area (Å²) in [6.45, 7) is 5.01. The molecule has 0 radical (unpaired) electrons. The van der Waals surface area contributed by atoms with Crippen LogP contribution in [0.2, 0.25) is 0 Å². The summed E-state index contributed by atoms with van der Waals surface area (Å²) in [6.07, 6.45) is 2.63. The molecule has 0 spiro atoms. The summed E-state index contributed by atoms with van der Waals surface area (Å²) < 4.78 is 45.6. The summed E-state index contributed by atoms with van der Waals surface area (Å²) in [7, 11) is -2.50. The van der Waals surface area contributed by atoms with Crippen LogP contribution in [0.15, 0.2) is 94.2 Å². The number of nitro groups is 1. The first-order valence-electron chi connectivity index (χ1n) is 12.3. The van der Waals surface area contributed by atoms with E-state index in [4.69, 9.17) is 13.9 Å². The van der Waals surface area contributed by atoms with Crippen LogP contribution in [0.4, 0.5) is 5.69 Å². The molecule has 0 saturated heterocycles. The summed E-state index contributed by atoms with van der Waals surface area (Å²) in [4.78, 5) is 11.1. The van der Waals surface area contributed by atoms with Crippen LogP contribution in [0, 0.1) is 29.1 Å². The predicted octanol–water partition coefficient (Wildman–Crippen LogP) is 6.18. The Morgan fingerprint density at radius 2 is 1.60 bits per heavy atom. The Hall–Kier alpha value is -4.59. The molecule has 0 atom stereocenters. The average molecular weight is 561 g/mol. The molecule has 4 aromatic rings. The van der Waals surface area contributed by atoms with Gasteiger partial charge < -0.3 is 13.9 Å². The van der Waals surface area contributed by atoms with Gasteiger partial charge >= 0.3 is 0 Å². The molecule has 4 rings (SSSR count). The zero-order chi connectivity index (χ0) is 28.9. The first kappa shape index (κ1) is 28.4. The van der Waals surface area contributed by atoms with Gasteiger partial charge in [-0.25, -0.2) is 8.42 Å². The van der Waals surface area contributed by atoms with Gasteiger partial charge in [0.2, 0.25) is 10.0 Å². The highest BCUT2D eigenvalue weighted by Gasteiger charge is 2.37. The van der Waals surface area contributed by atoms with E-state index in [2.05, 4.69) is 12.0 Å². The Bertz CT molecular complexity index is 1660. The summed E-state index contributed by atoms with van der Waals surface area (Å²) >= 11 is 0. The molecule has 0 aliphatic heterocycles. The van der Waals surface area contributed by atoms with Crippen LogP contribution in [-0.4, -0.2) is 30.3 Å². The van der Waals surface area contributed by atoms with Crippen molar-refractivity contribution >= 4 is 15.7 Å². The number of para-hydroxylation sites is 1. The lowest BCUT2D eigenvalue weighted by Crippen LogP contribution is -2.46. The Morgan fingerprint density at radius 3 is 2.25 bits per heavy atom. The second-order valence-corrected chi connectivity index (χ2v) is 11.3. The number of methoxy groups -OCH3 is 1. The highest BCUT2D eigenvalue weighted by Crippen LogP contribution is 2.33. The van der Waals surface area contributed by atoms with Crippen molar-refractivity contribution in [3.8, 4) is 34.8 Å². The van der Waals surface area contributed by atoms with E-state index in [0.29, 0.717) is 17.1 Å². The molecule has 0 unspecified atom stereocenters. The van der Waals surface area contributed by atoms with E-state index in [0.717, 1.165) is 5.56 Å². The van der Waals surface area contributed by atoms with Crippen LogP contribution in [0.25, 0.3) is 11.3 Å². The predicted molar refractivity (Wildman–Crippen MR) is 150 cm³/mol. The fourth-order valence-electron chi connectivity index (χ4n) is 3.93. The van der Waals surface area contributed by atoms with E-state index < -0.39 is 20.5 Å². The molecule has 0 N–H and O–H groups in total. The summed E-state index contributed by atoms with van der Waals surface area (Å²) in [5.74, 6) is 4.59. The van der Waals surface area contributed by atoms with Crippen molar-refractivity contribution in [2.24, 2.45) is 0 Å². The van der Waals surface area contributed by atoms with Crippen LogP contribution >= 0.6 is 0 Å². The zero-order valence-corrected chi connectivity index (χ0v) is 23.3.